The quantitative estimate of drug-likeness (QED) is 0.606. The van der Waals surface area contributed by atoms with Gasteiger partial charge in [0, 0.05) is 38.3 Å². The summed E-state index contributed by atoms with van der Waals surface area (Å²) in [5.74, 6) is -1.15. The predicted molar refractivity (Wildman–Crippen MR) is 65.1 cm³/mol. The molecule has 2 N–H and O–H groups in total. The second-order valence-electron chi connectivity index (χ2n) is 4.00. The van der Waals surface area contributed by atoms with Crippen LogP contribution < -0.4 is 10.2 Å². The second kappa shape index (κ2) is 5.01. The van der Waals surface area contributed by atoms with Crippen molar-refractivity contribution in [3.05, 3.63) is 33.9 Å². The van der Waals surface area contributed by atoms with Crippen LogP contribution in [-0.4, -0.2) is 42.2 Å². The highest BCUT2D eigenvalue weighted by Crippen LogP contribution is 2.25. The zero-order valence-electron chi connectivity index (χ0n) is 9.63. The molecule has 0 aliphatic carbocycles. The van der Waals surface area contributed by atoms with Gasteiger partial charge in [-0.25, -0.2) is 4.79 Å². The lowest BCUT2D eigenvalue weighted by atomic mass is 10.1. The summed E-state index contributed by atoms with van der Waals surface area (Å²) in [6, 6.07) is 3.95. The third kappa shape index (κ3) is 2.40. The molecule has 0 amide bonds. The van der Waals surface area contributed by atoms with Crippen LogP contribution in [0, 0.1) is 10.1 Å². The first-order chi connectivity index (χ1) is 8.59. The van der Waals surface area contributed by atoms with Gasteiger partial charge in [-0.2, -0.15) is 0 Å². The van der Waals surface area contributed by atoms with Crippen LogP contribution in [0.1, 0.15) is 10.4 Å². The molecule has 0 radical (unpaired) electrons. The molecule has 2 rings (SSSR count). The lowest BCUT2D eigenvalue weighted by Crippen LogP contribution is -2.44. The number of nitrogens with one attached hydrogen (secondary N) is 1. The van der Waals surface area contributed by atoms with Gasteiger partial charge in [-0.3, -0.25) is 10.1 Å². The van der Waals surface area contributed by atoms with Gasteiger partial charge in [0.15, 0.2) is 0 Å². The fraction of sp³-hybridized carbons (Fsp3) is 0.364. The Hall–Kier alpha value is -2.15. The van der Waals surface area contributed by atoms with E-state index in [9.17, 15) is 14.9 Å². The molecule has 0 aromatic heterocycles. The smallest absolute Gasteiger partial charge is 0.338 e. The van der Waals surface area contributed by atoms with E-state index in [-0.39, 0.29) is 11.3 Å². The van der Waals surface area contributed by atoms with Crippen LogP contribution in [0.25, 0.3) is 0 Å². The van der Waals surface area contributed by atoms with Crippen molar-refractivity contribution in [2.24, 2.45) is 0 Å². The zero-order valence-corrected chi connectivity index (χ0v) is 9.63. The van der Waals surface area contributed by atoms with Crippen molar-refractivity contribution in [2.75, 3.05) is 31.1 Å². The summed E-state index contributed by atoms with van der Waals surface area (Å²) >= 11 is 0. The van der Waals surface area contributed by atoms with Gasteiger partial charge in [0.1, 0.15) is 0 Å². The van der Waals surface area contributed by atoms with E-state index in [1.54, 1.807) is 0 Å². The van der Waals surface area contributed by atoms with Gasteiger partial charge in [0.2, 0.25) is 0 Å². The van der Waals surface area contributed by atoms with Gasteiger partial charge < -0.3 is 15.3 Å². The molecule has 7 nitrogen and oxygen atoms in total. The molecule has 0 atom stereocenters. The number of benzene rings is 1. The Labute approximate surface area is 103 Å². The number of carboxylic acids is 1. The van der Waals surface area contributed by atoms with E-state index in [0.29, 0.717) is 18.8 Å². The van der Waals surface area contributed by atoms with Gasteiger partial charge >= 0.3 is 5.97 Å². The van der Waals surface area contributed by atoms with Crippen LogP contribution in [0.4, 0.5) is 11.4 Å². The predicted octanol–water partition coefficient (Wildman–Crippen LogP) is 0.703. The number of hydrogen-bond donors (Lipinski definition) is 2. The van der Waals surface area contributed by atoms with Gasteiger partial charge in [-0.15, -0.1) is 0 Å². The van der Waals surface area contributed by atoms with E-state index < -0.39 is 10.9 Å². The van der Waals surface area contributed by atoms with Crippen LogP contribution >= 0.6 is 0 Å². The molecular weight excluding hydrogens is 238 g/mol. The van der Waals surface area contributed by atoms with Gasteiger partial charge in [0.25, 0.3) is 5.69 Å². The molecule has 1 heterocycles. The van der Waals surface area contributed by atoms with Gasteiger partial charge in [-0.1, -0.05) is 0 Å². The monoisotopic (exact) mass is 251 g/mol. The zero-order chi connectivity index (χ0) is 13.1. The summed E-state index contributed by atoms with van der Waals surface area (Å²) in [5.41, 5.74) is 0.312. The lowest BCUT2D eigenvalue weighted by molar-refractivity contribution is -0.384. The first kappa shape index (κ1) is 12.3. The molecule has 7 heteroatoms. The SMILES string of the molecule is O=C(O)c1cc([N+](=O)[O-])ccc1N1CCNCC1. The van der Waals surface area contributed by atoms with Gasteiger partial charge in [0.05, 0.1) is 16.2 Å². The Morgan fingerprint density at radius 1 is 1.39 bits per heavy atom. The molecule has 0 unspecified atom stereocenters. The van der Waals surface area contributed by atoms with E-state index in [4.69, 9.17) is 5.11 Å². The molecule has 0 spiro atoms. The summed E-state index contributed by atoms with van der Waals surface area (Å²) in [6.45, 7) is 2.93. The first-order valence-corrected chi connectivity index (χ1v) is 5.57. The minimum absolute atomic E-state index is 0.0221. The summed E-state index contributed by atoms with van der Waals surface area (Å²) in [7, 11) is 0. The normalized spacial score (nSPS) is 15.4. The fourth-order valence-corrected chi connectivity index (χ4v) is 1.99. The number of nitro groups is 1. The summed E-state index contributed by atoms with van der Waals surface area (Å²) in [4.78, 5) is 23.2. The van der Waals surface area contributed by atoms with Crippen molar-refractivity contribution in [3.8, 4) is 0 Å². The van der Waals surface area contributed by atoms with Crippen molar-refractivity contribution in [1.29, 1.82) is 0 Å². The molecule has 1 aromatic rings. The molecule has 18 heavy (non-hydrogen) atoms. The third-order valence-electron chi connectivity index (χ3n) is 2.88. The van der Waals surface area contributed by atoms with Crippen molar-refractivity contribution in [3.63, 3.8) is 0 Å². The molecular formula is C11H13N3O4. The van der Waals surface area contributed by atoms with Crippen LogP contribution in [-0.2, 0) is 0 Å². The van der Waals surface area contributed by atoms with Crippen LogP contribution in [0.3, 0.4) is 0 Å². The molecule has 0 saturated carbocycles. The number of carbonyl (C=O) groups is 1. The van der Waals surface area contributed by atoms with E-state index >= 15 is 0 Å². The Morgan fingerprint density at radius 2 is 2.06 bits per heavy atom. The Morgan fingerprint density at radius 3 is 2.61 bits per heavy atom. The van der Waals surface area contributed by atoms with Crippen molar-refractivity contribution in [1.82, 2.24) is 5.32 Å². The third-order valence-corrected chi connectivity index (χ3v) is 2.88. The fourth-order valence-electron chi connectivity index (χ4n) is 1.99. The van der Waals surface area contributed by atoms with Crippen LogP contribution in [0.15, 0.2) is 18.2 Å². The first-order valence-electron chi connectivity index (χ1n) is 5.57. The number of non-ortho nitro benzene ring substituents is 1. The lowest BCUT2D eigenvalue weighted by Gasteiger charge is -2.30. The van der Waals surface area contributed by atoms with E-state index in [0.717, 1.165) is 19.2 Å². The Bertz CT molecular complexity index is 483. The molecule has 1 aliphatic rings. The molecule has 0 bridgehead atoms. The standard InChI is InChI=1S/C11H13N3O4/c15-11(16)9-7-8(14(17)18)1-2-10(9)13-5-3-12-4-6-13/h1-2,7,12H,3-6H2,(H,15,16). The van der Waals surface area contributed by atoms with Crippen molar-refractivity contribution in [2.45, 2.75) is 0 Å². The summed E-state index contributed by atoms with van der Waals surface area (Å²) in [6.07, 6.45) is 0. The molecule has 1 aliphatic heterocycles. The van der Waals surface area contributed by atoms with E-state index in [1.807, 2.05) is 4.90 Å². The number of nitrogens with zero attached hydrogens (tertiary/aromatic N) is 2. The number of rotatable bonds is 3. The summed E-state index contributed by atoms with van der Waals surface area (Å²) < 4.78 is 0. The molecule has 96 valence electrons. The molecule has 1 saturated heterocycles. The number of anilines is 1. The number of aromatic carboxylic acids is 1. The van der Waals surface area contributed by atoms with Gasteiger partial charge in [-0.05, 0) is 6.07 Å². The minimum atomic E-state index is -1.15. The Balaban J connectivity index is 2.39. The maximum absolute atomic E-state index is 11.2. The van der Waals surface area contributed by atoms with Crippen LogP contribution in [0.5, 0.6) is 0 Å². The highest BCUT2D eigenvalue weighted by Gasteiger charge is 2.21. The average molecular weight is 251 g/mol. The maximum Gasteiger partial charge on any atom is 0.338 e. The highest BCUT2D eigenvalue weighted by atomic mass is 16.6. The number of carboxylic acid groups (broad SMARTS) is 1. The largest absolute Gasteiger partial charge is 0.478 e. The highest BCUT2D eigenvalue weighted by molar-refractivity contribution is 5.95. The number of piperazine rings is 1. The number of nitro benzene ring substituents is 1. The Kier molecular flexibility index (Phi) is 3.42. The summed E-state index contributed by atoms with van der Waals surface area (Å²) in [5, 5.41) is 23.0. The van der Waals surface area contributed by atoms with E-state index in [2.05, 4.69) is 5.32 Å². The van der Waals surface area contributed by atoms with E-state index in [1.165, 1.54) is 12.1 Å². The maximum atomic E-state index is 11.2. The molecule has 1 aromatic carbocycles. The van der Waals surface area contributed by atoms with Crippen LogP contribution in [0.2, 0.25) is 0 Å². The second-order valence-corrected chi connectivity index (χ2v) is 4.00. The topological polar surface area (TPSA) is 95.7 Å². The van der Waals surface area contributed by atoms with Crippen molar-refractivity contribution >= 4 is 17.3 Å². The molecule has 1 fully saturated rings. The minimum Gasteiger partial charge on any atom is -0.478 e. The average Bonchev–Trinajstić information content (AvgIpc) is 2.39. The number of hydrogen-bond acceptors (Lipinski definition) is 5. The van der Waals surface area contributed by atoms with Crippen molar-refractivity contribution < 1.29 is 14.8 Å².